The molecule has 2 aromatic rings. The van der Waals surface area contributed by atoms with E-state index in [-0.39, 0.29) is 5.69 Å². The Balaban J connectivity index is 2.41. The summed E-state index contributed by atoms with van der Waals surface area (Å²) >= 11 is 6.62. The molecule has 0 saturated carbocycles. The molecule has 1 aromatic carbocycles. The van der Waals surface area contributed by atoms with E-state index in [1.165, 1.54) is 28.6 Å². The number of aryl methyl sites for hydroxylation is 1. The third kappa shape index (κ3) is 3.95. The van der Waals surface area contributed by atoms with Gasteiger partial charge in [-0.05, 0) is 26.2 Å². The first-order valence-corrected chi connectivity index (χ1v) is 8.58. The van der Waals surface area contributed by atoms with Crippen LogP contribution in [0.5, 0.6) is 5.88 Å². The van der Waals surface area contributed by atoms with Gasteiger partial charge in [0.1, 0.15) is 0 Å². The first kappa shape index (κ1) is 18.0. The van der Waals surface area contributed by atoms with Crippen LogP contribution >= 0.6 is 24.0 Å². The van der Waals surface area contributed by atoms with Gasteiger partial charge in [0.25, 0.3) is 5.69 Å². The van der Waals surface area contributed by atoms with Gasteiger partial charge in [-0.25, -0.2) is 0 Å². The number of nitro groups is 1. The van der Waals surface area contributed by atoms with Gasteiger partial charge in [-0.1, -0.05) is 30.0 Å². The SMILES string of the molecule is CCOc1c(N=Nc2cccc([N+](=O)[O-])c2)c(C)nn1C(=S)SC. The number of nitrogens with zero attached hydrogens (tertiary/aromatic N) is 5. The number of thioether (sulfide) groups is 1. The Bertz CT molecular complexity index is 804. The van der Waals surface area contributed by atoms with Crippen molar-refractivity contribution in [2.75, 3.05) is 12.9 Å². The zero-order chi connectivity index (χ0) is 17.7. The number of benzene rings is 1. The molecule has 0 spiro atoms. The van der Waals surface area contributed by atoms with Crippen LogP contribution in [0.25, 0.3) is 0 Å². The average molecular weight is 365 g/mol. The fourth-order valence-electron chi connectivity index (χ4n) is 1.87. The summed E-state index contributed by atoms with van der Waals surface area (Å²) in [5.74, 6) is 0.406. The standard InChI is InChI=1S/C14H15N5O3S2/c1-4-22-13-12(9(2)17-18(13)14(23)24-3)16-15-10-6-5-7-11(8-10)19(20)21/h5-8H,4H2,1-3H3. The van der Waals surface area contributed by atoms with Gasteiger partial charge in [-0.15, -0.1) is 5.11 Å². The van der Waals surface area contributed by atoms with Crippen molar-refractivity contribution < 1.29 is 9.66 Å². The Kier molecular flexibility index (Phi) is 5.99. The maximum absolute atomic E-state index is 10.8. The van der Waals surface area contributed by atoms with Crippen LogP contribution in [-0.2, 0) is 0 Å². The number of rotatable bonds is 5. The topological polar surface area (TPSA) is 94.9 Å². The summed E-state index contributed by atoms with van der Waals surface area (Å²) in [4.78, 5) is 10.3. The molecule has 1 heterocycles. The first-order chi connectivity index (χ1) is 11.5. The Hall–Kier alpha value is -2.33. The van der Waals surface area contributed by atoms with Crippen LogP contribution in [0.1, 0.15) is 12.6 Å². The normalized spacial score (nSPS) is 11.0. The molecule has 0 N–H and O–H groups in total. The highest BCUT2D eigenvalue weighted by atomic mass is 32.2. The van der Waals surface area contributed by atoms with Gasteiger partial charge in [0, 0.05) is 12.1 Å². The highest BCUT2D eigenvalue weighted by molar-refractivity contribution is 8.22. The first-order valence-electron chi connectivity index (χ1n) is 6.94. The Morgan fingerprint density at radius 3 is 2.88 bits per heavy atom. The lowest BCUT2D eigenvalue weighted by Gasteiger charge is -2.06. The molecule has 24 heavy (non-hydrogen) atoms. The monoisotopic (exact) mass is 365 g/mol. The van der Waals surface area contributed by atoms with Crippen LogP contribution in [-0.4, -0.2) is 31.9 Å². The second kappa shape index (κ2) is 7.97. The van der Waals surface area contributed by atoms with Crippen molar-refractivity contribution >= 4 is 45.4 Å². The molecule has 0 aliphatic carbocycles. The van der Waals surface area contributed by atoms with Crippen LogP contribution in [0.2, 0.25) is 0 Å². The van der Waals surface area contributed by atoms with Crippen LogP contribution in [0, 0.1) is 17.0 Å². The molecule has 0 saturated heterocycles. The predicted octanol–water partition coefficient (Wildman–Crippen LogP) is 4.41. The second-order valence-corrected chi connectivity index (χ2v) is 5.97. The molecule has 0 atom stereocenters. The zero-order valence-electron chi connectivity index (χ0n) is 13.3. The highest BCUT2D eigenvalue weighted by Gasteiger charge is 2.19. The van der Waals surface area contributed by atoms with Gasteiger partial charge in [-0.2, -0.15) is 14.9 Å². The summed E-state index contributed by atoms with van der Waals surface area (Å²) in [6.07, 6.45) is 1.85. The summed E-state index contributed by atoms with van der Waals surface area (Å²) in [6.45, 7) is 4.03. The van der Waals surface area contributed by atoms with E-state index in [9.17, 15) is 10.1 Å². The lowest BCUT2D eigenvalue weighted by Crippen LogP contribution is -2.09. The Morgan fingerprint density at radius 1 is 1.50 bits per heavy atom. The van der Waals surface area contributed by atoms with Crippen LogP contribution < -0.4 is 4.74 Å². The summed E-state index contributed by atoms with van der Waals surface area (Å²) in [5, 5.41) is 23.4. The molecule has 0 amide bonds. The third-order valence-electron chi connectivity index (χ3n) is 2.92. The van der Waals surface area contributed by atoms with Gasteiger partial charge in [0.15, 0.2) is 10.0 Å². The molecule has 2 rings (SSSR count). The fraction of sp³-hybridized carbons (Fsp3) is 0.286. The summed E-state index contributed by atoms with van der Waals surface area (Å²) in [7, 11) is 0. The van der Waals surface area contributed by atoms with E-state index in [1.54, 1.807) is 19.1 Å². The number of azo groups is 1. The van der Waals surface area contributed by atoms with E-state index in [0.29, 0.717) is 33.9 Å². The van der Waals surface area contributed by atoms with Crippen molar-refractivity contribution in [3.63, 3.8) is 0 Å². The van der Waals surface area contributed by atoms with Crippen LogP contribution in [0.4, 0.5) is 17.1 Å². The van der Waals surface area contributed by atoms with Gasteiger partial charge >= 0.3 is 0 Å². The largest absolute Gasteiger partial charge is 0.476 e. The molecule has 0 fully saturated rings. The van der Waals surface area contributed by atoms with E-state index < -0.39 is 4.92 Å². The van der Waals surface area contributed by atoms with Gasteiger partial charge in [-0.3, -0.25) is 10.1 Å². The van der Waals surface area contributed by atoms with E-state index in [1.807, 2.05) is 13.2 Å². The molecule has 0 radical (unpaired) electrons. The van der Waals surface area contributed by atoms with E-state index >= 15 is 0 Å². The van der Waals surface area contributed by atoms with Crippen LogP contribution in [0.15, 0.2) is 34.5 Å². The minimum absolute atomic E-state index is 0.0486. The number of hydrogen-bond acceptors (Lipinski definition) is 8. The molecule has 0 aliphatic heterocycles. The average Bonchev–Trinajstić information content (AvgIpc) is 2.88. The molecule has 0 aliphatic rings. The molecule has 10 heteroatoms. The van der Waals surface area contributed by atoms with Gasteiger partial charge < -0.3 is 4.74 Å². The molecular formula is C14H15N5O3S2. The molecule has 126 valence electrons. The van der Waals surface area contributed by atoms with Gasteiger partial charge in [0.05, 0.1) is 22.9 Å². The summed E-state index contributed by atoms with van der Waals surface area (Å²) in [5.41, 5.74) is 1.36. The zero-order valence-corrected chi connectivity index (χ0v) is 14.9. The van der Waals surface area contributed by atoms with Crippen LogP contribution in [0.3, 0.4) is 0 Å². The number of ether oxygens (including phenoxy) is 1. The van der Waals surface area contributed by atoms with Crippen molar-refractivity contribution in [2.45, 2.75) is 13.8 Å². The number of hydrogen-bond donors (Lipinski definition) is 0. The minimum Gasteiger partial charge on any atom is -0.476 e. The maximum atomic E-state index is 10.8. The van der Waals surface area contributed by atoms with E-state index in [2.05, 4.69) is 15.3 Å². The van der Waals surface area contributed by atoms with Crippen molar-refractivity contribution in [3.8, 4) is 5.88 Å². The number of thiocarbonyl (C=S) groups is 1. The number of nitro benzene ring substituents is 1. The Labute approximate surface area is 148 Å². The number of non-ortho nitro benzene ring substituents is 1. The molecule has 0 unspecified atom stereocenters. The van der Waals surface area contributed by atoms with E-state index in [4.69, 9.17) is 17.0 Å². The van der Waals surface area contributed by atoms with Crippen molar-refractivity contribution in [1.82, 2.24) is 9.78 Å². The second-order valence-electron chi connectivity index (χ2n) is 4.53. The van der Waals surface area contributed by atoms with Gasteiger partial charge in [0.2, 0.25) is 5.88 Å². The lowest BCUT2D eigenvalue weighted by molar-refractivity contribution is -0.384. The molecular weight excluding hydrogens is 350 g/mol. The quantitative estimate of drug-likeness (QED) is 0.337. The number of aromatic nitrogens is 2. The van der Waals surface area contributed by atoms with E-state index in [0.717, 1.165) is 0 Å². The molecule has 8 nitrogen and oxygen atoms in total. The third-order valence-corrected chi connectivity index (χ3v) is 4.12. The van der Waals surface area contributed by atoms with Crippen molar-refractivity contribution in [3.05, 3.63) is 40.1 Å². The summed E-state index contributed by atoms with van der Waals surface area (Å²) < 4.78 is 7.63. The minimum atomic E-state index is -0.481. The summed E-state index contributed by atoms with van der Waals surface area (Å²) in [6, 6.07) is 5.92. The lowest BCUT2D eigenvalue weighted by atomic mass is 10.3. The predicted molar refractivity (Wildman–Crippen MR) is 96.9 cm³/mol. The Morgan fingerprint density at radius 2 is 2.25 bits per heavy atom. The fourth-order valence-corrected chi connectivity index (χ4v) is 2.29. The maximum Gasteiger partial charge on any atom is 0.271 e. The highest BCUT2D eigenvalue weighted by Crippen LogP contribution is 2.34. The molecule has 1 aromatic heterocycles. The molecule has 0 bridgehead atoms. The smallest absolute Gasteiger partial charge is 0.271 e. The van der Waals surface area contributed by atoms with Crippen molar-refractivity contribution in [2.24, 2.45) is 10.2 Å². The van der Waals surface area contributed by atoms with Crippen molar-refractivity contribution in [1.29, 1.82) is 0 Å².